The first-order chi connectivity index (χ1) is 1.00. The predicted molar refractivity (Wildman–Crippen MR) is 40.0 cm³/mol. The molecule has 0 fully saturated rings. The van der Waals surface area contributed by atoms with Gasteiger partial charge in [-0.05, 0) is 0 Å². The summed E-state index contributed by atoms with van der Waals surface area (Å²) in [6.07, 6.45) is 0. The molecule has 0 aliphatic heterocycles. The third kappa shape index (κ3) is 0. The zero-order chi connectivity index (χ0) is 2.00. The van der Waals surface area contributed by atoms with Crippen molar-refractivity contribution in [3.63, 3.8) is 0 Å². The van der Waals surface area contributed by atoms with E-state index in [1.54, 1.807) is 0 Å². The molecule has 0 nitrogen and oxygen atoms in total. The van der Waals surface area contributed by atoms with E-state index in [1.807, 2.05) is 0 Å². The summed E-state index contributed by atoms with van der Waals surface area (Å²) in [7, 11) is 0. The van der Waals surface area contributed by atoms with Crippen LogP contribution in [-0.4, -0.2) is 0 Å². The molecule has 0 saturated heterocycles. The van der Waals surface area contributed by atoms with Crippen molar-refractivity contribution in [3.05, 3.63) is 0 Å². The van der Waals surface area contributed by atoms with E-state index in [0.29, 0.717) is 0 Å². The lowest BCUT2D eigenvalue weighted by Crippen LogP contribution is 0.143. The van der Waals surface area contributed by atoms with Crippen LogP contribution in [0.3, 0.4) is 0 Å². The predicted octanol–water partition coefficient (Wildman–Crippen LogP) is 3.92. The molecule has 0 atom stereocenters. The SMILES string of the molecule is C.C.C.C.C.[3HH].[3HH].[3H][3H]. The van der Waals surface area contributed by atoms with Gasteiger partial charge in [0, 0.05) is 5.82 Å². The van der Waals surface area contributed by atoms with E-state index in [1.165, 1.54) is 0 Å². The Kier molecular flexibility index (Phi) is 0. The largest absolute Gasteiger partial charge is 0.0776 e. The van der Waals surface area contributed by atoms with Gasteiger partial charge in [-0.1, -0.05) is 37.1 Å². The Bertz CT molecular complexity index is 8.92. The zero-order valence-electron chi connectivity index (χ0n) is 2.00. The quantitative estimate of drug-likeness (QED) is 0.427. The lowest BCUT2D eigenvalue weighted by Gasteiger charge is -0.0786. The number of hydrogen-bond acceptors (Lipinski definition) is 0. The first-order valence-corrected chi connectivity index (χ1v) is 0. The van der Waals surface area contributed by atoms with Gasteiger partial charge in [0.25, 0.3) is 0 Å². The van der Waals surface area contributed by atoms with Gasteiger partial charge in [-0.2, -0.15) is 0 Å². The van der Waals surface area contributed by atoms with E-state index in [2.05, 4.69) is 0 Å². The van der Waals surface area contributed by atoms with Gasteiger partial charge < -0.3 is 0 Å². The molecule has 0 saturated carbocycles. The molecule has 0 aliphatic rings. The van der Waals surface area contributed by atoms with Crippen LogP contribution in [0, 0.1) is 0 Å². The van der Waals surface area contributed by atoms with Gasteiger partial charge in [-0.15, -0.1) is 0 Å². The lowest BCUT2D eigenvalue weighted by atomic mass is 12.0. The van der Waals surface area contributed by atoms with Crippen molar-refractivity contribution in [1.82, 2.24) is 0 Å². The Hall–Kier alpha value is 0. The van der Waals surface area contributed by atoms with Gasteiger partial charge in [0.15, 0.2) is 0 Å². The summed E-state index contributed by atoms with van der Waals surface area (Å²) in [5.41, 5.74) is 0. The van der Waals surface area contributed by atoms with Gasteiger partial charge in [-0.25, -0.2) is 0 Å². The van der Waals surface area contributed by atoms with Gasteiger partial charge in [0.05, 0.1) is 0 Å². The summed E-state index contributed by atoms with van der Waals surface area (Å²) < 4.78 is 10.0. The van der Waals surface area contributed by atoms with Crippen molar-refractivity contribution in [3.8, 4) is 0 Å². The second-order valence-electron chi connectivity index (χ2n) is 0. The minimum Gasteiger partial charge on any atom is -0.0776 e. The van der Waals surface area contributed by atoms with Crippen LogP contribution in [0.4, 0.5) is 0 Å². The molecule has 0 aromatic heterocycles. The summed E-state index contributed by atoms with van der Waals surface area (Å²) in [5, 5.41) is 0. The Balaban J connectivity index is -0.000000000238. The van der Waals surface area contributed by atoms with Crippen molar-refractivity contribution < 1.29 is 5.82 Å². The Morgan fingerprint density at radius 3 is 0.600 bits per heavy atom. The highest BCUT2D eigenvalue weighted by molar-refractivity contribution is 2.51. The number of hydrogen-bond donors (Lipinski definition) is 0. The van der Waals surface area contributed by atoms with E-state index in [9.17, 15) is 0 Å². The molecule has 0 amide bonds. The lowest BCUT2D eigenvalue weighted by molar-refractivity contribution is 2.50. The van der Waals surface area contributed by atoms with E-state index >= 15 is 0 Å². The van der Waals surface area contributed by atoms with Crippen LogP contribution < -0.4 is 0 Å². The molecule has 0 aromatic rings. The molecule has 0 rings (SSSR count). The Morgan fingerprint density at radius 2 is 0.600 bits per heavy atom. The smallest absolute Gasteiger partial charge is 0 e. The first kappa shape index (κ1) is 80.0. The summed E-state index contributed by atoms with van der Waals surface area (Å²) in [6.45, 7) is 0. The highest BCUT2D eigenvalue weighted by Gasteiger charge is -0.0736. The third-order valence-electron chi connectivity index (χ3n) is 0. The molecule has 0 N–H and O–H groups in total. The van der Waals surface area contributed by atoms with Crippen LogP contribution in [-0.2, 0) is 0 Å². The minimum absolute atomic E-state index is 0. The van der Waals surface area contributed by atoms with Gasteiger partial charge in [-0.3, -0.25) is 0 Å². The molecule has 0 radical (unpaired) electrons. The standard InChI is InChI=1S/5CH4.3H2/h5*1H4;3*1H/i;;;;;1+2T;2*1+2. The van der Waals surface area contributed by atoms with Crippen LogP contribution in [0.15, 0.2) is 0 Å². The molecule has 0 bridgehead atoms. The van der Waals surface area contributed by atoms with E-state index in [4.69, 9.17) is 2.97 Å². The van der Waals surface area contributed by atoms with Crippen molar-refractivity contribution in [2.45, 2.75) is 37.1 Å². The Morgan fingerprint density at radius 1 is 0.600 bits per heavy atom. The van der Waals surface area contributed by atoms with Crippen LogP contribution in [0.5, 0.6) is 0 Å². The maximum absolute atomic E-state index is 5.00. The van der Waals surface area contributed by atoms with Crippen LogP contribution in [0.2, 0.25) is 0 Å². The number of rotatable bonds is 0. The normalized spacial score (nSPS) is 1.60. The average Bonchev–Trinajstić information content (AvgIpc) is 1.00. The molecule has 0 aliphatic carbocycles. The van der Waals surface area contributed by atoms with Crippen molar-refractivity contribution in [1.29, 1.82) is 0 Å². The fourth-order valence-electron chi connectivity index (χ4n) is 0. The highest BCUT2D eigenvalue weighted by Crippen LogP contribution is 0.148. The topological polar surface area (TPSA) is 0 Å². The highest BCUT2D eigenvalue weighted by atomic mass is 12.0. The molecular weight excluding hydrogens is 60.1 g/mol. The molecule has 5 heavy (non-hydrogen) atoms. The average molecular weight is 94.3 g/mol. The molecular formula is C5H26. The van der Waals surface area contributed by atoms with Crippen LogP contribution in [0.25, 0.3) is 0 Å². The van der Waals surface area contributed by atoms with Crippen molar-refractivity contribution >= 4 is 0 Å². The van der Waals surface area contributed by atoms with Crippen molar-refractivity contribution in [2.24, 2.45) is 0 Å². The first-order valence-electron chi connectivity index (χ1n) is 1.00. The van der Waals surface area contributed by atoms with Gasteiger partial charge in [0.2, 0.25) is 0 Å². The monoisotopic (exact) mass is 94.2 g/mol. The second-order valence-corrected chi connectivity index (χ2v) is 0. The minimum atomic E-state index is 0. The summed E-state index contributed by atoms with van der Waals surface area (Å²) in [4.78, 5) is 0. The zero-order valence-corrected chi connectivity index (χ0v) is 0. The molecule has 0 unspecified atom stereocenters. The fourth-order valence-corrected chi connectivity index (χ4v) is 0. The molecule has 0 aromatic carbocycles. The van der Waals surface area contributed by atoms with Crippen LogP contribution >= 0.6 is 0 Å². The molecule has 0 heterocycles. The van der Waals surface area contributed by atoms with E-state index < -0.39 is 0 Å². The fraction of sp³-hybridized carbons (Fsp3) is 1.00. The third-order valence-corrected chi connectivity index (χ3v) is 0. The van der Waals surface area contributed by atoms with Gasteiger partial charge >= 0.3 is 0 Å². The van der Waals surface area contributed by atoms with Crippen molar-refractivity contribution in [2.75, 3.05) is 0 Å². The summed E-state index contributed by atoms with van der Waals surface area (Å²) in [5.74, 6) is 0. The second kappa shape index (κ2) is 0. The molecule has 0 spiro atoms. The van der Waals surface area contributed by atoms with Gasteiger partial charge in [0.1, 0.15) is 0 Å². The molecule has 0 heteroatoms. The maximum Gasteiger partial charge on any atom is 0 e. The van der Waals surface area contributed by atoms with E-state index in [0.717, 1.165) is 0 Å². The summed E-state index contributed by atoms with van der Waals surface area (Å²) in [6, 6.07) is 0. The maximum atomic E-state index is 5.00. The summed E-state index contributed by atoms with van der Waals surface area (Å²) >= 11 is 0. The molecule has 46 valence electrons. The van der Waals surface area contributed by atoms with E-state index in [-0.39, 0.29) is 40.0 Å². The van der Waals surface area contributed by atoms with Crippen LogP contribution in [0.1, 0.15) is 43.0 Å². The Labute approximate surface area is 44.3 Å².